The highest BCUT2D eigenvalue weighted by atomic mass is 35.5. The van der Waals surface area contributed by atoms with Gasteiger partial charge in [-0.15, -0.1) is 0 Å². The third-order valence-corrected chi connectivity index (χ3v) is 7.82. The molecule has 0 spiro atoms. The average Bonchev–Trinajstić information content (AvgIpc) is 3.18. The van der Waals surface area contributed by atoms with E-state index in [1.165, 1.54) is 10.4 Å². The van der Waals surface area contributed by atoms with Crippen LogP contribution in [0.2, 0.25) is 5.02 Å². The van der Waals surface area contributed by atoms with Gasteiger partial charge in [0.2, 0.25) is 15.8 Å². The van der Waals surface area contributed by atoms with Gasteiger partial charge >= 0.3 is 5.97 Å². The van der Waals surface area contributed by atoms with Crippen LogP contribution in [-0.2, 0) is 27.7 Å². The van der Waals surface area contributed by atoms with Gasteiger partial charge in [0.25, 0.3) is 0 Å². The van der Waals surface area contributed by atoms with Crippen LogP contribution >= 0.6 is 11.6 Å². The van der Waals surface area contributed by atoms with Crippen molar-refractivity contribution in [2.24, 2.45) is 0 Å². The van der Waals surface area contributed by atoms with Crippen LogP contribution in [-0.4, -0.2) is 31.8 Å². The minimum Gasteiger partial charge on any atom is -0.460 e. The van der Waals surface area contributed by atoms with E-state index in [2.05, 4.69) is 0 Å². The molecule has 0 saturated carbocycles. The molecule has 3 aromatic carbocycles. The van der Waals surface area contributed by atoms with E-state index in [0.29, 0.717) is 28.0 Å². The second kappa shape index (κ2) is 10.6. The first kappa shape index (κ1) is 25.0. The van der Waals surface area contributed by atoms with Gasteiger partial charge in [-0.05, 0) is 61.7 Å². The number of benzene rings is 3. The summed E-state index contributed by atoms with van der Waals surface area (Å²) in [7, 11) is -3.88. The number of hydrogen-bond acceptors (Lipinski definition) is 5. The number of ether oxygens (including phenoxy) is 1. The summed E-state index contributed by atoms with van der Waals surface area (Å²) in [5, 5.41) is 1.10. The lowest BCUT2D eigenvalue weighted by atomic mass is 10.1. The van der Waals surface area contributed by atoms with E-state index in [9.17, 15) is 13.2 Å². The van der Waals surface area contributed by atoms with Gasteiger partial charge in [-0.2, -0.15) is 4.31 Å². The van der Waals surface area contributed by atoms with Crippen LogP contribution in [0.3, 0.4) is 0 Å². The second-order valence-corrected chi connectivity index (χ2v) is 10.5. The van der Waals surface area contributed by atoms with Crippen LogP contribution in [0, 0.1) is 6.92 Å². The first-order valence-corrected chi connectivity index (χ1v) is 13.1. The maximum Gasteiger partial charge on any atom is 0.374 e. The molecule has 0 radical (unpaired) electrons. The van der Waals surface area contributed by atoms with Crippen LogP contribution in [0.1, 0.15) is 34.2 Å². The molecule has 182 valence electrons. The van der Waals surface area contributed by atoms with Gasteiger partial charge in [-0.1, -0.05) is 54.1 Å². The van der Waals surface area contributed by atoms with E-state index >= 15 is 0 Å². The summed E-state index contributed by atoms with van der Waals surface area (Å²) in [4.78, 5) is 12.3. The summed E-state index contributed by atoms with van der Waals surface area (Å²) in [6.07, 6.45) is 0.556. The SMILES string of the molecule is CCOC(=O)c1oc2ccc(S(=O)(=O)N(CCc3ccccc3)Cc3cccc(Cl)c3)cc2c1C. The Morgan fingerprint density at radius 1 is 1.00 bits per heavy atom. The van der Waals surface area contributed by atoms with Crippen molar-refractivity contribution in [3.63, 3.8) is 0 Å². The molecule has 0 fully saturated rings. The largest absolute Gasteiger partial charge is 0.460 e. The van der Waals surface area contributed by atoms with Crippen LogP contribution in [0.4, 0.5) is 0 Å². The Hall–Kier alpha value is -3.13. The maximum absolute atomic E-state index is 13.8. The fraction of sp³-hybridized carbons (Fsp3) is 0.222. The topological polar surface area (TPSA) is 76.8 Å². The summed E-state index contributed by atoms with van der Waals surface area (Å²) in [5.41, 5.74) is 2.80. The molecule has 0 atom stereocenters. The summed E-state index contributed by atoms with van der Waals surface area (Å²) < 4.78 is 39.8. The number of carbonyl (C=O) groups is 1. The van der Waals surface area contributed by atoms with Crippen LogP contribution < -0.4 is 0 Å². The van der Waals surface area contributed by atoms with Crippen molar-refractivity contribution in [2.45, 2.75) is 31.7 Å². The molecular weight excluding hydrogens is 486 g/mol. The normalized spacial score (nSPS) is 11.8. The minimum absolute atomic E-state index is 0.0799. The molecule has 6 nitrogen and oxygen atoms in total. The van der Waals surface area contributed by atoms with Crippen LogP contribution in [0.15, 0.2) is 82.1 Å². The summed E-state index contributed by atoms with van der Waals surface area (Å²) in [6.45, 7) is 4.11. The fourth-order valence-electron chi connectivity index (χ4n) is 3.92. The zero-order valence-electron chi connectivity index (χ0n) is 19.5. The van der Waals surface area contributed by atoms with Gasteiger partial charge in [-0.25, -0.2) is 13.2 Å². The van der Waals surface area contributed by atoms with E-state index in [-0.39, 0.29) is 30.4 Å². The number of furan rings is 1. The molecule has 0 N–H and O–H groups in total. The Labute approximate surface area is 210 Å². The molecule has 4 rings (SSSR count). The number of nitrogens with zero attached hydrogens (tertiary/aromatic N) is 1. The number of hydrogen-bond donors (Lipinski definition) is 0. The van der Waals surface area contributed by atoms with Crippen LogP contribution in [0.25, 0.3) is 11.0 Å². The molecule has 0 aliphatic carbocycles. The number of rotatable bonds is 9. The molecule has 35 heavy (non-hydrogen) atoms. The third-order valence-electron chi connectivity index (χ3n) is 5.75. The molecule has 0 aliphatic rings. The second-order valence-electron chi connectivity index (χ2n) is 8.14. The quantitative estimate of drug-likeness (QED) is 0.257. The Bertz CT molecular complexity index is 1450. The number of aryl methyl sites for hydroxylation is 1. The predicted molar refractivity (Wildman–Crippen MR) is 136 cm³/mol. The van der Waals surface area contributed by atoms with E-state index < -0.39 is 16.0 Å². The molecular formula is C27H26ClNO5S. The average molecular weight is 512 g/mol. The number of fused-ring (bicyclic) bond motifs is 1. The maximum atomic E-state index is 13.8. The molecule has 1 heterocycles. The van der Waals surface area contributed by atoms with Crippen LogP contribution in [0.5, 0.6) is 0 Å². The van der Waals surface area contributed by atoms with Gasteiger partial charge < -0.3 is 9.15 Å². The Morgan fingerprint density at radius 2 is 1.74 bits per heavy atom. The number of esters is 1. The van der Waals surface area contributed by atoms with Gasteiger partial charge in [0.05, 0.1) is 11.5 Å². The van der Waals surface area contributed by atoms with Crippen molar-refractivity contribution in [1.82, 2.24) is 4.31 Å². The number of carbonyl (C=O) groups excluding carboxylic acids is 1. The van der Waals surface area contributed by atoms with E-state index in [1.54, 1.807) is 44.2 Å². The standard InChI is InChI=1S/C27H26ClNO5S/c1-3-33-27(30)26-19(2)24-17-23(12-13-25(24)34-26)35(31,32)29(15-14-20-8-5-4-6-9-20)18-21-10-7-11-22(28)16-21/h4-13,16-17H,3,14-15,18H2,1-2H3. The lowest BCUT2D eigenvalue weighted by Gasteiger charge is -2.23. The van der Waals surface area contributed by atoms with Gasteiger partial charge in [-0.3, -0.25) is 0 Å². The molecule has 0 saturated heterocycles. The van der Waals surface area contributed by atoms with Crippen molar-refractivity contribution in [3.8, 4) is 0 Å². The lowest BCUT2D eigenvalue weighted by Crippen LogP contribution is -2.32. The van der Waals surface area contributed by atoms with Crippen molar-refractivity contribution in [1.29, 1.82) is 0 Å². The first-order valence-electron chi connectivity index (χ1n) is 11.3. The molecule has 4 aromatic rings. The molecule has 0 bridgehead atoms. The van der Waals surface area contributed by atoms with Gasteiger partial charge in [0, 0.05) is 29.1 Å². The Morgan fingerprint density at radius 3 is 2.46 bits per heavy atom. The van der Waals surface area contributed by atoms with Crippen molar-refractivity contribution in [2.75, 3.05) is 13.2 Å². The first-order chi connectivity index (χ1) is 16.8. The fourth-order valence-corrected chi connectivity index (χ4v) is 5.59. The molecule has 1 aromatic heterocycles. The monoisotopic (exact) mass is 511 g/mol. The lowest BCUT2D eigenvalue weighted by molar-refractivity contribution is 0.0491. The molecule has 0 amide bonds. The summed E-state index contributed by atoms with van der Waals surface area (Å²) in [6, 6.07) is 21.6. The number of halogens is 1. The van der Waals surface area contributed by atoms with E-state index in [1.807, 2.05) is 36.4 Å². The van der Waals surface area contributed by atoms with E-state index in [4.69, 9.17) is 20.8 Å². The zero-order valence-corrected chi connectivity index (χ0v) is 21.1. The highest BCUT2D eigenvalue weighted by Gasteiger charge is 2.27. The minimum atomic E-state index is -3.88. The highest BCUT2D eigenvalue weighted by molar-refractivity contribution is 7.89. The zero-order chi connectivity index (χ0) is 25.0. The smallest absolute Gasteiger partial charge is 0.374 e. The van der Waals surface area contributed by atoms with Gasteiger partial charge in [0.15, 0.2) is 0 Å². The molecule has 0 aliphatic heterocycles. The van der Waals surface area contributed by atoms with Crippen molar-refractivity contribution >= 4 is 38.6 Å². The molecule has 8 heteroatoms. The Kier molecular flexibility index (Phi) is 7.60. The summed E-state index contributed by atoms with van der Waals surface area (Å²) in [5.74, 6) is -0.493. The van der Waals surface area contributed by atoms with Crippen molar-refractivity contribution < 1.29 is 22.4 Å². The van der Waals surface area contributed by atoms with E-state index in [0.717, 1.165) is 11.1 Å². The Balaban J connectivity index is 1.70. The van der Waals surface area contributed by atoms with Gasteiger partial charge in [0.1, 0.15) is 5.58 Å². The predicted octanol–water partition coefficient (Wildman–Crippen LogP) is 6.00. The highest BCUT2D eigenvalue weighted by Crippen LogP contribution is 2.30. The molecule has 0 unspecified atom stereocenters. The number of sulfonamides is 1. The summed E-state index contributed by atoms with van der Waals surface area (Å²) >= 11 is 6.15. The van der Waals surface area contributed by atoms with Crippen molar-refractivity contribution in [3.05, 3.63) is 100 Å². The third kappa shape index (κ3) is 5.59.